The van der Waals surface area contributed by atoms with Crippen molar-refractivity contribution in [3.63, 3.8) is 0 Å². The Morgan fingerprint density at radius 1 is 1.78 bits per heavy atom. The molecule has 0 atom stereocenters. The molecule has 0 saturated heterocycles. The van der Waals surface area contributed by atoms with Gasteiger partial charge >= 0.3 is 0 Å². The Bertz CT molecular complexity index is 188. The fourth-order valence-electron chi connectivity index (χ4n) is 0.420. The predicted molar refractivity (Wildman–Crippen MR) is 44.8 cm³/mol. The van der Waals surface area contributed by atoms with E-state index in [2.05, 4.69) is 25.3 Å². The second-order valence-corrected chi connectivity index (χ2v) is 4.29. The van der Waals surface area contributed by atoms with Crippen LogP contribution in [0.25, 0.3) is 0 Å². The summed E-state index contributed by atoms with van der Waals surface area (Å²) in [5.74, 6) is 1.82. The highest BCUT2D eigenvalue weighted by molar-refractivity contribution is 9.11. The monoisotopic (exact) mass is 224 g/mol. The number of hydrogen-bond acceptors (Lipinski definition) is 4. The van der Waals surface area contributed by atoms with E-state index in [4.69, 9.17) is 0 Å². The van der Waals surface area contributed by atoms with Crippen LogP contribution in [0.2, 0.25) is 0 Å². The summed E-state index contributed by atoms with van der Waals surface area (Å²) < 4.78 is 4.94. The van der Waals surface area contributed by atoms with Gasteiger partial charge in [0.1, 0.15) is 0 Å². The molecule has 0 fully saturated rings. The van der Waals surface area contributed by atoms with Crippen LogP contribution in [0, 0.1) is 0 Å². The lowest BCUT2D eigenvalue weighted by molar-refractivity contribution is 1.13. The molecule has 0 amide bonds. The third-order valence-corrected chi connectivity index (χ3v) is 2.42. The summed E-state index contributed by atoms with van der Waals surface area (Å²) in [5.41, 5.74) is 0. The Morgan fingerprint density at radius 3 is 3.00 bits per heavy atom. The van der Waals surface area contributed by atoms with Gasteiger partial charge in [-0.15, -0.1) is 0 Å². The fourth-order valence-corrected chi connectivity index (χ4v) is 1.74. The van der Waals surface area contributed by atoms with Crippen molar-refractivity contribution in [1.29, 1.82) is 0 Å². The second-order valence-electron chi connectivity index (χ2n) is 1.40. The average molecular weight is 225 g/mol. The van der Waals surface area contributed by atoms with E-state index in [1.165, 1.54) is 11.5 Å². The van der Waals surface area contributed by atoms with Gasteiger partial charge in [0.15, 0.2) is 9.74 Å². The Balaban J connectivity index is 2.61. The first-order valence-corrected chi connectivity index (χ1v) is 5.26. The van der Waals surface area contributed by atoms with E-state index >= 15 is 0 Å². The molecule has 0 bridgehead atoms. The van der Waals surface area contributed by atoms with Gasteiger partial charge in [-0.3, -0.25) is 0 Å². The molecule has 0 saturated carbocycles. The largest absolute Gasteiger partial charge is 0.212 e. The van der Waals surface area contributed by atoms with Crippen molar-refractivity contribution in [3.05, 3.63) is 9.74 Å². The topological polar surface area (TPSA) is 25.8 Å². The maximum atomic E-state index is 4.10. The maximum Gasteiger partial charge on any atom is 0.179 e. The molecule has 2 nitrogen and oxygen atoms in total. The van der Waals surface area contributed by atoms with Crippen molar-refractivity contribution < 1.29 is 0 Å². The van der Waals surface area contributed by atoms with Crippen molar-refractivity contribution in [1.82, 2.24) is 9.36 Å². The normalized spacial score (nSPS) is 10.0. The lowest BCUT2D eigenvalue weighted by Crippen LogP contribution is -1.80. The quantitative estimate of drug-likeness (QED) is 0.771. The summed E-state index contributed by atoms with van der Waals surface area (Å²) in [5, 5.41) is 0. The van der Waals surface area contributed by atoms with Crippen molar-refractivity contribution in [2.24, 2.45) is 0 Å². The summed E-state index contributed by atoms with van der Waals surface area (Å²) in [6, 6.07) is 0. The third kappa shape index (κ3) is 2.23. The highest BCUT2D eigenvalue weighted by Gasteiger charge is 1.97. The molecule has 1 aromatic heterocycles. The molecule has 1 aromatic rings. The Labute approximate surface area is 70.4 Å². The number of nitrogens with zero attached hydrogens (tertiary/aromatic N) is 2. The first-order chi connectivity index (χ1) is 4.33. The van der Waals surface area contributed by atoms with Gasteiger partial charge in [0.25, 0.3) is 0 Å². The second kappa shape index (κ2) is 3.53. The first-order valence-electron chi connectivity index (χ1n) is 2.30. The maximum absolute atomic E-state index is 4.10. The highest BCUT2D eigenvalue weighted by Crippen LogP contribution is 2.14. The molecular formula is C4H5BrN2S2. The standard InChI is InChI=1S/C4H5BrN2S2/c1-8-2-3-6-4(5)9-7-3/h2H2,1H3. The molecule has 0 aliphatic heterocycles. The fraction of sp³-hybridized carbons (Fsp3) is 0.500. The van der Waals surface area contributed by atoms with Crippen molar-refractivity contribution in [3.8, 4) is 0 Å². The van der Waals surface area contributed by atoms with E-state index in [0.717, 1.165) is 15.5 Å². The SMILES string of the molecule is CSCc1nsc(Br)n1. The van der Waals surface area contributed by atoms with Crippen LogP contribution in [0.4, 0.5) is 0 Å². The minimum Gasteiger partial charge on any atom is -0.212 e. The van der Waals surface area contributed by atoms with E-state index in [0.29, 0.717) is 0 Å². The van der Waals surface area contributed by atoms with Crippen LogP contribution in [0.1, 0.15) is 5.82 Å². The molecule has 0 aromatic carbocycles. The lowest BCUT2D eigenvalue weighted by atomic mass is 10.7. The molecule has 1 heterocycles. The number of rotatable bonds is 2. The zero-order valence-corrected chi connectivity index (χ0v) is 8.01. The van der Waals surface area contributed by atoms with E-state index < -0.39 is 0 Å². The molecule has 0 N–H and O–H groups in total. The summed E-state index contributed by atoms with van der Waals surface area (Å²) in [4.78, 5) is 4.10. The number of halogens is 1. The molecule has 1 rings (SSSR count). The van der Waals surface area contributed by atoms with Crippen LogP contribution >= 0.6 is 39.2 Å². The Hall–Kier alpha value is 0.390. The van der Waals surface area contributed by atoms with Crippen LogP contribution in [-0.2, 0) is 5.75 Å². The van der Waals surface area contributed by atoms with E-state index in [-0.39, 0.29) is 0 Å². The molecule has 50 valence electrons. The van der Waals surface area contributed by atoms with Crippen molar-refractivity contribution in [2.45, 2.75) is 5.75 Å². The Morgan fingerprint density at radius 2 is 2.56 bits per heavy atom. The number of aromatic nitrogens is 2. The molecule has 0 aliphatic rings. The predicted octanol–water partition coefficient (Wildman–Crippen LogP) is 2.16. The molecule has 0 unspecified atom stereocenters. The van der Waals surface area contributed by atoms with Crippen LogP contribution < -0.4 is 0 Å². The third-order valence-electron chi connectivity index (χ3n) is 0.717. The number of thioether (sulfide) groups is 1. The van der Waals surface area contributed by atoms with Gasteiger partial charge in [0.2, 0.25) is 0 Å². The van der Waals surface area contributed by atoms with Gasteiger partial charge < -0.3 is 0 Å². The molecule has 0 spiro atoms. The van der Waals surface area contributed by atoms with Crippen molar-refractivity contribution >= 4 is 39.2 Å². The summed E-state index contributed by atoms with van der Waals surface area (Å²) in [6.07, 6.45) is 2.04. The minimum atomic E-state index is 0.867. The van der Waals surface area contributed by atoms with Gasteiger partial charge in [-0.25, -0.2) is 4.98 Å². The Kier molecular flexibility index (Phi) is 2.94. The van der Waals surface area contributed by atoms with Crippen molar-refractivity contribution in [2.75, 3.05) is 6.26 Å². The summed E-state index contributed by atoms with van der Waals surface area (Å²) in [6.45, 7) is 0. The summed E-state index contributed by atoms with van der Waals surface area (Å²) >= 11 is 6.35. The van der Waals surface area contributed by atoms with Gasteiger partial charge in [-0.1, -0.05) is 0 Å². The highest BCUT2D eigenvalue weighted by atomic mass is 79.9. The van der Waals surface area contributed by atoms with E-state index in [1.54, 1.807) is 11.8 Å². The van der Waals surface area contributed by atoms with E-state index in [9.17, 15) is 0 Å². The van der Waals surface area contributed by atoms with Gasteiger partial charge in [0, 0.05) is 0 Å². The summed E-state index contributed by atoms with van der Waals surface area (Å²) in [7, 11) is 0. The van der Waals surface area contributed by atoms with Crippen LogP contribution in [0.3, 0.4) is 0 Å². The van der Waals surface area contributed by atoms with Gasteiger partial charge in [-0.2, -0.15) is 16.1 Å². The molecule has 5 heteroatoms. The zero-order valence-electron chi connectivity index (χ0n) is 4.80. The zero-order chi connectivity index (χ0) is 6.69. The van der Waals surface area contributed by atoms with Gasteiger partial charge in [-0.05, 0) is 33.7 Å². The molecular weight excluding hydrogens is 220 g/mol. The van der Waals surface area contributed by atoms with Gasteiger partial charge in [0.05, 0.1) is 5.75 Å². The smallest absolute Gasteiger partial charge is 0.179 e. The average Bonchev–Trinajstić information content (AvgIpc) is 2.17. The number of hydrogen-bond donors (Lipinski definition) is 0. The van der Waals surface area contributed by atoms with Crippen LogP contribution in [0.15, 0.2) is 3.92 Å². The molecule has 9 heavy (non-hydrogen) atoms. The first kappa shape index (κ1) is 7.50. The van der Waals surface area contributed by atoms with E-state index in [1.807, 2.05) is 6.26 Å². The minimum absolute atomic E-state index is 0.867. The van der Waals surface area contributed by atoms with Crippen LogP contribution in [-0.4, -0.2) is 15.6 Å². The molecule has 0 radical (unpaired) electrons. The molecule has 0 aliphatic carbocycles. The van der Waals surface area contributed by atoms with Crippen LogP contribution in [0.5, 0.6) is 0 Å². The lowest BCUT2D eigenvalue weighted by Gasteiger charge is -1.83.